The van der Waals surface area contributed by atoms with Crippen LogP contribution in [0, 0.1) is 11.3 Å². The van der Waals surface area contributed by atoms with Crippen molar-refractivity contribution in [2.75, 3.05) is 20.7 Å². The van der Waals surface area contributed by atoms with Crippen LogP contribution in [-0.4, -0.2) is 41.7 Å². The predicted molar refractivity (Wildman–Crippen MR) is 87.2 cm³/mol. The first-order valence-electron chi connectivity index (χ1n) is 6.46. The molecule has 112 valence electrons. The quantitative estimate of drug-likeness (QED) is 0.874. The number of hydrogen-bond donors (Lipinski definition) is 1. The smallest absolute Gasteiger partial charge is 0.323 e. The lowest BCUT2D eigenvalue weighted by molar-refractivity contribution is -0.137. The van der Waals surface area contributed by atoms with Crippen LogP contribution in [0.25, 0.3) is 10.8 Å². The molecular weight excluding hydrogens is 300 g/mol. The lowest BCUT2D eigenvalue weighted by atomic mass is 9.99. The van der Waals surface area contributed by atoms with E-state index in [-0.39, 0.29) is 6.54 Å². The second kappa shape index (κ2) is 6.41. The van der Waals surface area contributed by atoms with Crippen molar-refractivity contribution < 1.29 is 14.6 Å². The third-order valence-electron chi connectivity index (χ3n) is 3.30. The maximum atomic E-state index is 10.8. The van der Waals surface area contributed by atoms with E-state index in [1.165, 1.54) is 12.0 Å². The number of nitriles is 1. The van der Waals surface area contributed by atoms with Crippen molar-refractivity contribution in [1.29, 1.82) is 5.26 Å². The fraction of sp³-hybridized carbons (Fsp3) is 0.188. The Hall–Kier alpha value is -2.65. The van der Waals surface area contributed by atoms with Crippen molar-refractivity contribution >= 4 is 33.9 Å². The summed E-state index contributed by atoms with van der Waals surface area (Å²) in [6.45, 7) is -0.184. The third kappa shape index (κ3) is 2.85. The topological polar surface area (TPSA) is 73.6 Å². The van der Waals surface area contributed by atoms with Gasteiger partial charge < -0.3 is 14.7 Å². The first-order valence-corrected chi connectivity index (χ1v) is 6.87. The Morgan fingerprint density at radius 2 is 2.09 bits per heavy atom. The van der Waals surface area contributed by atoms with Crippen LogP contribution < -0.4 is 4.74 Å². The highest BCUT2D eigenvalue weighted by Gasteiger charge is 2.16. The number of benzene rings is 2. The molecule has 2 rings (SSSR count). The molecule has 1 N–H and O–H groups in total. The number of nitrogens with zero attached hydrogens (tertiary/aromatic N) is 2. The van der Waals surface area contributed by atoms with Crippen LogP contribution in [0.1, 0.15) is 11.1 Å². The van der Waals surface area contributed by atoms with E-state index in [1.807, 2.05) is 18.2 Å². The molecule has 0 aliphatic carbocycles. The van der Waals surface area contributed by atoms with Crippen molar-refractivity contribution in [3.05, 3.63) is 41.5 Å². The van der Waals surface area contributed by atoms with Crippen LogP contribution in [0.3, 0.4) is 0 Å². The number of thiocarbonyl (C=S) groups is 1. The minimum absolute atomic E-state index is 0.184. The molecule has 0 radical (unpaired) electrons. The van der Waals surface area contributed by atoms with Crippen LogP contribution in [0.2, 0.25) is 0 Å². The van der Waals surface area contributed by atoms with Gasteiger partial charge >= 0.3 is 5.97 Å². The number of aliphatic carboxylic acids is 1. The first kappa shape index (κ1) is 15.7. The van der Waals surface area contributed by atoms with Gasteiger partial charge in [0.2, 0.25) is 0 Å². The van der Waals surface area contributed by atoms with Crippen molar-refractivity contribution in [2.45, 2.75) is 0 Å². The molecule has 2 aromatic carbocycles. The summed E-state index contributed by atoms with van der Waals surface area (Å²) in [6.07, 6.45) is 0. The highest BCUT2D eigenvalue weighted by molar-refractivity contribution is 7.80. The van der Waals surface area contributed by atoms with Gasteiger partial charge in [0, 0.05) is 18.0 Å². The van der Waals surface area contributed by atoms with Crippen LogP contribution >= 0.6 is 12.2 Å². The Balaban J connectivity index is 2.60. The summed E-state index contributed by atoms with van der Waals surface area (Å²) in [4.78, 5) is 12.7. The molecule has 0 saturated heterocycles. The molecule has 2 aromatic rings. The van der Waals surface area contributed by atoms with Crippen LogP contribution in [0.5, 0.6) is 5.75 Å². The molecule has 0 aliphatic heterocycles. The van der Waals surface area contributed by atoms with E-state index >= 15 is 0 Å². The molecule has 5 nitrogen and oxygen atoms in total. The van der Waals surface area contributed by atoms with E-state index in [0.29, 0.717) is 16.3 Å². The molecule has 22 heavy (non-hydrogen) atoms. The summed E-state index contributed by atoms with van der Waals surface area (Å²) < 4.78 is 5.20. The lowest BCUT2D eigenvalue weighted by Crippen LogP contribution is -2.31. The molecule has 6 heteroatoms. The first-order chi connectivity index (χ1) is 10.5. The second-order valence-electron chi connectivity index (χ2n) is 4.71. The Morgan fingerprint density at radius 1 is 1.36 bits per heavy atom. The molecule has 0 unspecified atom stereocenters. The Morgan fingerprint density at radius 3 is 2.68 bits per heavy atom. The van der Waals surface area contributed by atoms with Crippen LogP contribution in [0.15, 0.2) is 30.3 Å². The number of hydrogen-bond acceptors (Lipinski definition) is 4. The minimum Gasteiger partial charge on any atom is -0.495 e. The van der Waals surface area contributed by atoms with E-state index < -0.39 is 5.97 Å². The fourth-order valence-electron chi connectivity index (χ4n) is 2.29. The summed E-state index contributed by atoms with van der Waals surface area (Å²) in [6, 6.07) is 11.1. The minimum atomic E-state index is -0.954. The number of carboxylic acids is 1. The zero-order valence-corrected chi connectivity index (χ0v) is 13.0. The number of methoxy groups -OCH3 is 1. The van der Waals surface area contributed by atoms with Gasteiger partial charge in [-0.1, -0.05) is 30.4 Å². The van der Waals surface area contributed by atoms with Gasteiger partial charge in [-0.25, -0.2) is 0 Å². The SMILES string of the molecule is COc1ccc2c(C(=S)N(C)CC(=O)O)cccc2c1C#N. The highest BCUT2D eigenvalue weighted by atomic mass is 32.1. The Kier molecular flexibility index (Phi) is 4.59. The molecule has 0 aliphatic rings. The van der Waals surface area contributed by atoms with Crippen LogP contribution in [-0.2, 0) is 4.79 Å². The maximum Gasteiger partial charge on any atom is 0.323 e. The number of fused-ring (bicyclic) bond motifs is 1. The van der Waals surface area contributed by atoms with Crippen molar-refractivity contribution in [3.8, 4) is 11.8 Å². The van der Waals surface area contributed by atoms with Crippen molar-refractivity contribution in [1.82, 2.24) is 4.90 Å². The molecule has 0 fully saturated rings. The molecule has 0 spiro atoms. The lowest BCUT2D eigenvalue weighted by Gasteiger charge is -2.19. The molecule has 0 amide bonds. The molecular formula is C16H14N2O3S. The Bertz CT molecular complexity index is 796. The van der Waals surface area contributed by atoms with E-state index in [9.17, 15) is 10.1 Å². The van der Waals surface area contributed by atoms with Gasteiger partial charge in [-0.05, 0) is 17.5 Å². The molecule has 0 aromatic heterocycles. The summed E-state index contributed by atoms with van der Waals surface area (Å²) in [5, 5.41) is 19.8. The van der Waals surface area contributed by atoms with Gasteiger partial charge in [0.15, 0.2) is 0 Å². The van der Waals surface area contributed by atoms with E-state index in [0.717, 1.165) is 16.3 Å². The summed E-state index contributed by atoms with van der Waals surface area (Å²) in [7, 11) is 3.14. The van der Waals surface area contributed by atoms with Gasteiger partial charge in [-0.3, -0.25) is 4.79 Å². The predicted octanol–water partition coefficient (Wildman–Crippen LogP) is 2.41. The van der Waals surface area contributed by atoms with Gasteiger partial charge in [0.1, 0.15) is 28.9 Å². The van der Waals surface area contributed by atoms with Gasteiger partial charge in [0.25, 0.3) is 0 Å². The molecule has 0 atom stereocenters. The van der Waals surface area contributed by atoms with E-state index in [2.05, 4.69) is 6.07 Å². The van der Waals surface area contributed by atoms with E-state index in [1.54, 1.807) is 19.2 Å². The third-order valence-corrected chi connectivity index (χ3v) is 3.84. The van der Waals surface area contributed by atoms with Gasteiger partial charge in [-0.2, -0.15) is 5.26 Å². The van der Waals surface area contributed by atoms with Gasteiger partial charge in [0.05, 0.1) is 7.11 Å². The average Bonchev–Trinajstić information content (AvgIpc) is 2.51. The molecule has 0 saturated carbocycles. The largest absolute Gasteiger partial charge is 0.495 e. The summed E-state index contributed by atoms with van der Waals surface area (Å²) in [5.41, 5.74) is 1.15. The van der Waals surface area contributed by atoms with Crippen LogP contribution in [0.4, 0.5) is 0 Å². The molecule has 0 bridgehead atoms. The van der Waals surface area contributed by atoms with Crippen molar-refractivity contribution in [2.24, 2.45) is 0 Å². The van der Waals surface area contributed by atoms with Gasteiger partial charge in [-0.15, -0.1) is 0 Å². The summed E-state index contributed by atoms with van der Waals surface area (Å²) in [5.74, 6) is -0.457. The number of rotatable bonds is 4. The zero-order chi connectivity index (χ0) is 16.3. The number of ether oxygens (including phenoxy) is 1. The van der Waals surface area contributed by atoms with Crippen molar-refractivity contribution in [3.63, 3.8) is 0 Å². The zero-order valence-electron chi connectivity index (χ0n) is 12.2. The molecule has 0 heterocycles. The number of carboxylic acid groups (broad SMARTS) is 1. The normalized spacial score (nSPS) is 10.0. The number of carbonyl (C=O) groups is 1. The fourth-order valence-corrected chi connectivity index (χ4v) is 2.53. The van der Waals surface area contributed by atoms with E-state index in [4.69, 9.17) is 22.1 Å². The average molecular weight is 314 g/mol. The monoisotopic (exact) mass is 314 g/mol. The maximum absolute atomic E-state index is 10.8. The highest BCUT2D eigenvalue weighted by Crippen LogP contribution is 2.30. The Labute approximate surface area is 133 Å². The standard InChI is InChI=1S/C16H14N2O3S/c1-18(9-15(19)20)16(22)12-5-3-4-10-11(12)6-7-14(21-2)13(10)8-17/h3-7H,9H2,1-2H3,(H,19,20). The second-order valence-corrected chi connectivity index (χ2v) is 5.10. The number of likely N-dealkylation sites (N-methyl/N-ethyl adjacent to an activating group) is 1. The summed E-state index contributed by atoms with van der Waals surface area (Å²) >= 11 is 5.38.